The van der Waals surface area contributed by atoms with Gasteiger partial charge in [-0.15, -0.1) is 0 Å². The second-order valence-electron chi connectivity index (χ2n) is 6.73. The van der Waals surface area contributed by atoms with Gasteiger partial charge < -0.3 is 10.1 Å². The summed E-state index contributed by atoms with van der Waals surface area (Å²) in [7, 11) is 1.55. The van der Waals surface area contributed by atoms with Gasteiger partial charge in [-0.05, 0) is 62.1 Å². The smallest absolute Gasteiger partial charge is 0.277 e. The zero-order valence-corrected chi connectivity index (χ0v) is 16.4. The quantitative estimate of drug-likeness (QED) is 0.661. The predicted molar refractivity (Wildman–Crippen MR) is 109 cm³/mol. The highest BCUT2D eigenvalue weighted by Crippen LogP contribution is 2.28. The second kappa shape index (κ2) is 8.02. The molecule has 1 aliphatic rings. The lowest BCUT2D eigenvalue weighted by Crippen LogP contribution is -2.16. The molecule has 144 valence electrons. The van der Waals surface area contributed by atoms with Crippen LogP contribution in [-0.4, -0.2) is 27.8 Å². The number of pyridine rings is 1. The van der Waals surface area contributed by atoms with Crippen molar-refractivity contribution in [3.8, 4) is 11.4 Å². The Balaban J connectivity index is 1.74. The number of anilines is 1. The fourth-order valence-corrected chi connectivity index (χ4v) is 3.70. The summed E-state index contributed by atoms with van der Waals surface area (Å²) < 4.78 is 7.16. The minimum absolute atomic E-state index is 0.275. The Hall–Kier alpha value is -2.86. The topological polar surface area (TPSA) is 69.0 Å². The molecule has 28 heavy (non-hydrogen) atoms. The van der Waals surface area contributed by atoms with Gasteiger partial charge in [0.15, 0.2) is 17.3 Å². The summed E-state index contributed by atoms with van der Waals surface area (Å²) in [5.41, 5.74) is 3.45. The highest BCUT2D eigenvalue weighted by molar-refractivity contribution is 6.30. The third-order valence-electron chi connectivity index (χ3n) is 4.94. The minimum Gasteiger partial charge on any atom is -0.493 e. The molecule has 1 aliphatic carbocycles. The fraction of sp³-hybridized carbons (Fsp3) is 0.286. The maximum absolute atomic E-state index is 13.1. The van der Waals surface area contributed by atoms with Crippen molar-refractivity contribution in [3.63, 3.8) is 0 Å². The van der Waals surface area contributed by atoms with Crippen molar-refractivity contribution in [1.29, 1.82) is 0 Å². The monoisotopic (exact) mass is 396 g/mol. The van der Waals surface area contributed by atoms with Crippen LogP contribution in [0.4, 0.5) is 5.82 Å². The molecule has 2 aromatic heterocycles. The number of ether oxygens (including phenoxy) is 1. The number of hydrogen-bond donors (Lipinski definition) is 1. The van der Waals surface area contributed by atoms with Crippen LogP contribution in [0.5, 0.6) is 5.75 Å². The van der Waals surface area contributed by atoms with Crippen LogP contribution in [0.25, 0.3) is 5.69 Å². The first-order valence-electron chi connectivity index (χ1n) is 9.34. The summed E-state index contributed by atoms with van der Waals surface area (Å²) in [4.78, 5) is 17.3. The van der Waals surface area contributed by atoms with Gasteiger partial charge in [0, 0.05) is 22.5 Å². The van der Waals surface area contributed by atoms with Gasteiger partial charge in [0.1, 0.15) is 0 Å². The molecule has 1 aromatic carbocycles. The third-order valence-corrected chi connectivity index (χ3v) is 5.19. The molecule has 3 aromatic rings. The van der Waals surface area contributed by atoms with Crippen molar-refractivity contribution in [2.45, 2.75) is 32.1 Å². The molecular formula is C21H21ClN4O2. The minimum atomic E-state index is -0.275. The second-order valence-corrected chi connectivity index (χ2v) is 7.17. The molecule has 6 nitrogen and oxygen atoms in total. The molecule has 0 saturated heterocycles. The maximum Gasteiger partial charge on any atom is 0.277 e. The van der Waals surface area contributed by atoms with Crippen LogP contribution < -0.4 is 10.1 Å². The molecule has 1 amide bonds. The van der Waals surface area contributed by atoms with E-state index in [0.29, 0.717) is 22.3 Å². The van der Waals surface area contributed by atoms with Crippen LogP contribution in [-0.2, 0) is 12.8 Å². The summed E-state index contributed by atoms with van der Waals surface area (Å²) in [5.74, 6) is 0.625. The lowest BCUT2D eigenvalue weighted by Gasteiger charge is -2.08. The molecule has 0 aliphatic heterocycles. The molecule has 0 radical (unpaired) electrons. The van der Waals surface area contributed by atoms with E-state index in [9.17, 15) is 4.79 Å². The number of benzene rings is 1. The van der Waals surface area contributed by atoms with Gasteiger partial charge in [0.05, 0.1) is 12.8 Å². The maximum atomic E-state index is 13.1. The van der Waals surface area contributed by atoms with Gasteiger partial charge in [-0.1, -0.05) is 18.0 Å². The van der Waals surface area contributed by atoms with Gasteiger partial charge >= 0.3 is 0 Å². The van der Waals surface area contributed by atoms with Crippen molar-refractivity contribution in [2.24, 2.45) is 0 Å². The Kier molecular flexibility index (Phi) is 5.30. The summed E-state index contributed by atoms with van der Waals surface area (Å²) >= 11 is 6.03. The summed E-state index contributed by atoms with van der Waals surface area (Å²) in [6.45, 7) is 0. The predicted octanol–water partition coefficient (Wildman–Crippen LogP) is 4.45. The third kappa shape index (κ3) is 3.60. The molecule has 7 heteroatoms. The van der Waals surface area contributed by atoms with Crippen LogP contribution in [0.1, 0.15) is 41.0 Å². The van der Waals surface area contributed by atoms with Gasteiger partial charge in [0.25, 0.3) is 5.91 Å². The highest BCUT2D eigenvalue weighted by Gasteiger charge is 2.25. The Morgan fingerprint density at radius 3 is 2.71 bits per heavy atom. The van der Waals surface area contributed by atoms with Gasteiger partial charge in [-0.2, -0.15) is 5.10 Å². The van der Waals surface area contributed by atoms with Crippen molar-refractivity contribution in [1.82, 2.24) is 14.8 Å². The number of amides is 1. The van der Waals surface area contributed by atoms with Crippen LogP contribution in [0.3, 0.4) is 0 Å². The number of nitrogens with zero attached hydrogens (tertiary/aromatic N) is 3. The molecule has 0 atom stereocenters. The number of aromatic nitrogens is 3. The summed E-state index contributed by atoms with van der Waals surface area (Å²) in [6, 6.07) is 11.0. The number of carbonyl (C=O) groups excluding carboxylic acids is 1. The highest BCUT2D eigenvalue weighted by atomic mass is 35.5. The molecular weight excluding hydrogens is 376 g/mol. The van der Waals surface area contributed by atoms with Crippen molar-refractivity contribution in [3.05, 3.63) is 64.6 Å². The van der Waals surface area contributed by atoms with E-state index in [-0.39, 0.29) is 5.91 Å². The van der Waals surface area contributed by atoms with E-state index in [1.165, 1.54) is 0 Å². The first kappa shape index (κ1) is 18.5. The molecule has 0 bridgehead atoms. The Bertz CT molecular complexity index is 998. The normalized spacial score (nSPS) is 13.5. The first-order chi connectivity index (χ1) is 13.7. The van der Waals surface area contributed by atoms with Gasteiger partial charge in [0.2, 0.25) is 0 Å². The average Bonchev–Trinajstić information content (AvgIpc) is 2.90. The fourth-order valence-electron chi connectivity index (χ4n) is 3.57. The van der Waals surface area contributed by atoms with Crippen molar-refractivity contribution >= 4 is 23.3 Å². The Morgan fingerprint density at radius 1 is 1.14 bits per heavy atom. The van der Waals surface area contributed by atoms with Crippen LogP contribution in [0.15, 0.2) is 42.6 Å². The zero-order valence-electron chi connectivity index (χ0n) is 15.6. The average molecular weight is 397 g/mol. The lowest BCUT2D eigenvalue weighted by molar-refractivity contribution is 0.102. The van der Waals surface area contributed by atoms with E-state index in [4.69, 9.17) is 16.3 Å². The van der Waals surface area contributed by atoms with E-state index in [0.717, 1.165) is 49.0 Å². The SMILES string of the molecule is COc1cccnc1NC(=O)c1nn(-c2ccc(Cl)cc2)c2c1CCCCC2. The number of fused-ring (bicyclic) bond motifs is 1. The number of nitrogens with one attached hydrogen (secondary N) is 1. The Morgan fingerprint density at radius 2 is 1.93 bits per heavy atom. The van der Waals surface area contributed by atoms with E-state index < -0.39 is 0 Å². The summed E-state index contributed by atoms with van der Waals surface area (Å²) in [5, 5.41) is 8.20. The van der Waals surface area contributed by atoms with Crippen molar-refractivity contribution in [2.75, 3.05) is 12.4 Å². The molecule has 1 N–H and O–H groups in total. The molecule has 2 heterocycles. The largest absolute Gasteiger partial charge is 0.493 e. The number of halogens is 1. The van der Waals surface area contributed by atoms with Gasteiger partial charge in [-0.3, -0.25) is 4.79 Å². The van der Waals surface area contributed by atoms with Crippen LogP contribution >= 0.6 is 11.6 Å². The number of rotatable bonds is 4. The first-order valence-corrected chi connectivity index (χ1v) is 9.72. The molecule has 0 saturated carbocycles. The van der Waals surface area contributed by atoms with Crippen LogP contribution in [0.2, 0.25) is 5.02 Å². The van der Waals surface area contributed by atoms with E-state index in [1.54, 1.807) is 25.4 Å². The zero-order chi connectivity index (χ0) is 19.5. The van der Waals surface area contributed by atoms with E-state index >= 15 is 0 Å². The van der Waals surface area contributed by atoms with Crippen molar-refractivity contribution < 1.29 is 9.53 Å². The van der Waals surface area contributed by atoms with Gasteiger partial charge in [-0.25, -0.2) is 9.67 Å². The van der Waals surface area contributed by atoms with Crippen LogP contribution in [0, 0.1) is 0 Å². The molecule has 0 unspecified atom stereocenters. The molecule has 0 fully saturated rings. The Labute approximate surface area is 168 Å². The molecule has 0 spiro atoms. The van der Waals surface area contributed by atoms with E-state index in [1.807, 2.05) is 28.9 Å². The number of hydrogen-bond acceptors (Lipinski definition) is 4. The standard InChI is InChI=1S/C21H21ClN4O2/c1-28-18-8-5-13-23-20(18)24-21(27)19-16-6-3-2-4-7-17(16)26(25-19)15-11-9-14(22)10-12-15/h5,8-13H,2-4,6-7H2,1H3,(H,23,24,27). The lowest BCUT2D eigenvalue weighted by atomic mass is 10.1. The summed E-state index contributed by atoms with van der Waals surface area (Å²) in [6.07, 6.45) is 6.62. The number of methoxy groups -OCH3 is 1. The molecule has 4 rings (SSSR count). The number of carbonyl (C=O) groups is 1. The van der Waals surface area contributed by atoms with E-state index in [2.05, 4.69) is 15.4 Å².